The van der Waals surface area contributed by atoms with Crippen molar-refractivity contribution in [1.29, 1.82) is 5.26 Å². The van der Waals surface area contributed by atoms with Crippen LogP contribution in [0.5, 0.6) is 0 Å². The van der Waals surface area contributed by atoms with Gasteiger partial charge in [-0.25, -0.2) is 0 Å². The fraction of sp³-hybridized carbons (Fsp3) is 0.500. The molecule has 0 saturated heterocycles. The predicted molar refractivity (Wildman–Crippen MR) is 70.2 cm³/mol. The van der Waals surface area contributed by atoms with Crippen molar-refractivity contribution in [3.8, 4) is 6.07 Å². The van der Waals surface area contributed by atoms with E-state index in [-0.39, 0.29) is 0 Å². The minimum Gasteiger partial charge on any atom is -0.330 e. The van der Waals surface area contributed by atoms with Crippen molar-refractivity contribution >= 4 is 0 Å². The summed E-state index contributed by atoms with van der Waals surface area (Å²) in [6.07, 6.45) is 2.75. The molecule has 3 heteroatoms. The molecule has 3 nitrogen and oxygen atoms in total. The van der Waals surface area contributed by atoms with Gasteiger partial charge in [-0.3, -0.25) is 4.90 Å². The molecule has 0 bridgehead atoms. The summed E-state index contributed by atoms with van der Waals surface area (Å²) in [5.41, 5.74) is 6.80. The molecule has 0 radical (unpaired) electrons. The highest BCUT2D eigenvalue weighted by molar-refractivity contribution is 5.14. The van der Waals surface area contributed by atoms with Gasteiger partial charge in [-0.2, -0.15) is 5.26 Å². The van der Waals surface area contributed by atoms with Crippen molar-refractivity contribution < 1.29 is 0 Å². The van der Waals surface area contributed by atoms with Crippen molar-refractivity contribution in [3.05, 3.63) is 35.9 Å². The molecule has 0 fully saturated rings. The van der Waals surface area contributed by atoms with Crippen LogP contribution in [-0.4, -0.2) is 24.5 Å². The monoisotopic (exact) mass is 231 g/mol. The molecule has 17 heavy (non-hydrogen) atoms. The average Bonchev–Trinajstić information content (AvgIpc) is 2.37. The van der Waals surface area contributed by atoms with E-state index in [1.807, 2.05) is 6.07 Å². The third-order valence-electron chi connectivity index (χ3n) is 2.72. The summed E-state index contributed by atoms with van der Waals surface area (Å²) >= 11 is 0. The predicted octanol–water partition coefficient (Wildman–Crippen LogP) is 2.14. The van der Waals surface area contributed by atoms with Gasteiger partial charge in [0, 0.05) is 19.5 Å². The molecule has 0 aliphatic heterocycles. The van der Waals surface area contributed by atoms with Crippen LogP contribution in [0.4, 0.5) is 0 Å². The van der Waals surface area contributed by atoms with E-state index < -0.39 is 0 Å². The van der Waals surface area contributed by atoms with E-state index in [1.165, 1.54) is 5.56 Å². The summed E-state index contributed by atoms with van der Waals surface area (Å²) < 4.78 is 0. The van der Waals surface area contributed by atoms with E-state index in [2.05, 4.69) is 35.2 Å². The molecule has 1 aromatic rings. The number of hydrogen-bond donors (Lipinski definition) is 1. The van der Waals surface area contributed by atoms with Crippen LogP contribution in [0.25, 0.3) is 0 Å². The second kappa shape index (κ2) is 8.74. The number of benzene rings is 1. The molecule has 0 spiro atoms. The Morgan fingerprint density at radius 1 is 1.12 bits per heavy atom. The molecule has 0 amide bonds. The summed E-state index contributed by atoms with van der Waals surface area (Å²) in [5, 5.41) is 8.66. The third kappa shape index (κ3) is 6.06. The van der Waals surface area contributed by atoms with Crippen molar-refractivity contribution in [1.82, 2.24) is 4.90 Å². The van der Waals surface area contributed by atoms with Crippen LogP contribution in [-0.2, 0) is 6.54 Å². The SMILES string of the molecule is N#CCCN(CCCCN)Cc1ccccc1. The standard InChI is InChI=1S/C14H21N3/c15-9-4-5-11-17(12-6-10-16)13-14-7-2-1-3-8-14/h1-3,7-8H,4-6,9,11-13,15H2. The van der Waals surface area contributed by atoms with Gasteiger partial charge in [0.1, 0.15) is 0 Å². The van der Waals surface area contributed by atoms with Gasteiger partial charge < -0.3 is 5.73 Å². The Balaban J connectivity index is 2.42. The Hall–Kier alpha value is -1.37. The molecule has 0 aromatic heterocycles. The lowest BCUT2D eigenvalue weighted by molar-refractivity contribution is 0.266. The highest BCUT2D eigenvalue weighted by Crippen LogP contribution is 2.06. The second-order valence-corrected chi connectivity index (χ2v) is 4.17. The maximum absolute atomic E-state index is 8.66. The van der Waals surface area contributed by atoms with Crippen LogP contribution in [0.15, 0.2) is 30.3 Å². The van der Waals surface area contributed by atoms with Crippen LogP contribution < -0.4 is 5.73 Å². The van der Waals surface area contributed by atoms with Crippen molar-refractivity contribution in [2.45, 2.75) is 25.8 Å². The Kier molecular flexibility index (Phi) is 7.04. The van der Waals surface area contributed by atoms with Crippen LogP contribution in [0.1, 0.15) is 24.8 Å². The molecule has 0 atom stereocenters. The molecule has 0 aliphatic rings. The van der Waals surface area contributed by atoms with Crippen LogP contribution in [0.2, 0.25) is 0 Å². The van der Waals surface area contributed by atoms with Gasteiger partial charge in [0.15, 0.2) is 0 Å². The molecular formula is C14H21N3. The maximum atomic E-state index is 8.66. The van der Waals surface area contributed by atoms with Gasteiger partial charge in [0.2, 0.25) is 0 Å². The Labute approximate surface area is 104 Å². The number of unbranched alkanes of at least 4 members (excludes halogenated alkanes) is 1. The Morgan fingerprint density at radius 3 is 2.53 bits per heavy atom. The lowest BCUT2D eigenvalue weighted by Gasteiger charge is -2.21. The third-order valence-corrected chi connectivity index (χ3v) is 2.72. The highest BCUT2D eigenvalue weighted by atomic mass is 15.1. The lowest BCUT2D eigenvalue weighted by atomic mass is 10.2. The van der Waals surface area contributed by atoms with Gasteiger partial charge in [-0.15, -0.1) is 0 Å². The zero-order chi connectivity index (χ0) is 12.3. The first-order chi connectivity index (χ1) is 8.36. The fourth-order valence-corrected chi connectivity index (χ4v) is 1.80. The summed E-state index contributed by atoms with van der Waals surface area (Å²) in [5.74, 6) is 0. The smallest absolute Gasteiger partial charge is 0.0635 e. The molecule has 0 aliphatic carbocycles. The van der Waals surface area contributed by atoms with Gasteiger partial charge in [0.05, 0.1) is 6.07 Å². The molecule has 1 rings (SSSR count). The van der Waals surface area contributed by atoms with Gasteiger partial charge in [-0.1, -0.05) is 30.3 Å². The Bertz CT molecular complexity index is 329. The topological polar surface area (TPSA) is 53.0 Å². The summed E-state index contributed by atoms with van der Waals surface area (Å²) in [7, 11) is 0. The van der Waals surface area contributed by atoms with E-state index in [1.54, 1.807) is 0 Å². The number of nitriles is 1. The van der Waals surface area contributed by atoms with Crippen LogP contribution in [0.3, 0.4) is 0 Å². The quantitative estimate of drug-likeness (QED) is 0.697. The summed E-state index contributed by atoms with van der Waals surface area (Å²) in [6, 6.07) is 12.6. The lowest BCUT2D eigenvalue weighted by Crippen LogP contribution is -2.25. The van der Waals surface area contributed by atoms with Crippen molar-refractivity contribution in [2.75, 3.05) is 19.6 Å². The van der Waals surface area contributed by atoms with Crippen molar-refractivity contribution in [3.63, 3.8) is 0 Å². The van der Waals surface area contributed by atoms with Crippen LogP contribution in [0, 0.1) is 11.3 Å². The van der Waals surface area contributed by atoms with E-state index in [9.17, 15) is 0 Å². The minimum atomic E-state index is 0.593. The van der Waals surface area contributed by atoms with Crippen molar-refractivity contribution in [2.24, 2.45) is 5.73 Å². The van der Waals surface area contributed by atoms with E-state index >= 15 is 0 Å². The number of hydrogen-bond acceptors (Lipinski definition) is 3. The van der Waals surface area contributed by atoms with E-state index in [4.69, 9.17) is 11.0 Å². The second-order valence-electron chi connectivity index (χ2n) is 4.17. The fourth-order valence-electron chi connectivity index (χ4n) is 1.80. The highest BCUT2D eigenvalue weighted by Gasteiger charge is 2.04. The Morgan fingerprint density at radius 2 is 1.88 bits per heavy atom. The molecule has 0 heterocycles. The van der Waals surface area contributed by atoms with Gasteiger partial charge in [0.25, 0.3) is 0 Å². The minimum absolute atomic E-state index is 0.593. The normalized spacial score (nSPS) is 10.4. The van der Waals surface area contributed by atoms with E-state index in [0.717, 1.165) is 39.0 Å². The number of nitrogens with two attached hydrogens (primary N) is 1. The summed E-state index contributed by atoms with van der Waals surface area (Å²) in [6.45, 7) is 3.54. The average molecular weight is 231 g/mol. The van der Waals surface area contributed by atoms with Gasteiger partial charge in [-0.05, 0) is 31.5 Å². The first-order valence-corrected chi connectivity index (χ1v) is 6.20. The number of nitrogens with zero attached hydrogens (tertiary/aromatic N) is 2. The van der Waals surface area contributed by atoms with Crippen LogP contribution >= 0.6 is 0 Å². The summed E-state index contributed by atoms with van der Waals surface area (Å²) in [4.78, 5) is 2.33. The molecule has 2 N–H and O–H groups in total. The molecule has 1 aromatic carbocycles. The maximum Gasteiger partial charge on any atom is 0.0635 e. The molecule has 0 unspecified atom stereocenters. The first kappa shape index (κ1) is 13.7. The van der Waals surface area contributed by atoms with Gasteiger partial charge >= 0.3 is 0 Å². The first-order valence-electron chi connectivity index (χ1n) is 6.20. The number of rotatable bonds is 8. The molecule has 92 valence electrons. The zero-order valence-electron chi connectivity index (χ0n) is 10.3. The molecular weight excluding hydrogens is 210 g/mol. The largest absolute Gasteiger partial charge is 0.330 e. The van der Waals surface area contributed by atoms with E-state index in [0.29, 0.717) is 6.42 Å². The zero-order valence-corrected chi connectivity index (χ0v) is 10.3. The molecule has 0 saturated carbocycles.